The molecule has 0 saturated heterocycles. The number of hydrogen-bond acceptors (Lipinski definition) is 3. The van der Waals surface area contributed by atoms with Crippen molar-refractivity contribution in [2.45, 2.75) is 20.3 Å². The Bertz CT molecular complexity index is 454. The molecule has 6 heteroatoms. The summed E-state index contributed by atoms with van der Waals surface area (Å²) in [7, 11) is 0. The van der Waals surface area contributed by atoms with Crippen molar-refractivity contribution in [3.05, 3.63) is 33.2 Å². The summed E-state index contributed by atoms with van der Waals surface area (Å²) in [6.45, 7) is 3.12. The van der Waals surface area contributed by atoms with Gasteiger partial charge in [0, 0.05) is 5.69 Å². The van der Waals surface area contributed by atoms with Crippen LogP contribution in [-0.4, -0.2) is 17.6 Å². The zero-order valence-electron chi connectivity index (χ0n) is 8.84. The van der Waals surface area contributed by atoms with Gasteiger partial charge in [-0.25, -0.2) is 13.6 Å². The summed E-state index contributed by atoms with van der Waals surface area (Å²) in [6, 6.07) is 1.18. The van der Waals surface area contributed by atoms with Gasteiger partial charge in [0.2, 0.25) is 0 Å². The normalized spacial score (nSPS) is 10.6. The van der Waals surface area contributed by atoms with Crippen LogP contribution in [0.2, 0.25) is 0 Å². The lowest BCUT2D eigenvalue weighted by atomic mass is 10.1. The van der Waals surface area contributed by atoms with Gasteiger partial charge in [0.15, 0.2) is 0 Å². The Morgan fingerprint density at radius 1 is 1.56 bits per heavy atom. The monoisotopic (exact) mass is 231 g/mol. The van der Waals surface area contributed by atoms with E-state index in [0.717, 1.165) is 0 Å². The van der Waals surface area contributed by atoms with Crippen molar-refractivity contribution in [2.24, 2.45) is 0 Å². The molecule has 1 heterocycles. The number of ether oxygens (including phenoxy) is 1. The van der Waals surface area contributed by atoms with E-state index in [9.17, 15) is 18.4 Å². The highest BCUT2D eigenvalue weighted by molar-refractivity contribution is 5.91. The molecule has 1 aromatic heterocycles. The molecule has 0 fully saturated rings. The van der Waals surface area contributed by atoms with Gasteiger partial charge in [-0.3, -0.25) is 4.79 Å². The molecule has 1 aromatic rings. The van der Waals surface area contributed by atoms with Crippen LogP contribution in [0.5, 0.6) is 0 Å². The highest BCUT2D eigenvalue weighted by Gasteiger charge is 2.23. The van der Waals surface area contributed by atoms with Crippen LogP contribution in [0.1, 0.15) is 35.0 Å². The molecule has 1 rings (SSSR count). The molecule has 0 saturated carbocycles. The molecule has 0 aromatic carbocycles. The molecular weight excluding hydrogens is 220 g/mol. The number of H-pyrrole nitrogens is 1. The number of carbonyl (C=O) groups is 1. The lowest BCUT2D eigenvalue weighted by molar-refractivity contribution is 0.0514. The maximum absolute atomic E-state index is 12.6. The minimum Gasteiger partial charge on any atom is -0.462 e. The van der Waals surface area contributed by atoms with Gasteiger partial charge in [-0.2, -0.15) is 0 Å². The lowest BCUT2D eigenvalue weighted by Gasteiger charge is -2.08. The van der Waals surface area contributed by atoms with Crippen molar-refractivity contribution in [3.8, 4) is 0 Å². The maximum atomic E-state index is 12.6. The Hall–Kier alpha value is -1.72. The number of nitrogens with one attached hydrogen (secondary N) is 1. The number of aromatic nitrogens is 1. The number of pyridine rings is 1. The number of alkyl halides is 2. The predicted octanol–water partition coefficient (Wildman–Crippen LogP) is 1.80. The van der Waals surface area contributed by atoms with Crippen molar-refractivity contribution < 1.29 is 18.3 Å². The van der Waals surface area contributed by atoms with Crippen LogP contribution in [0.25, 0.3) is 0 Å². The number of hydrogen-bond donors (Lipinski definition) is 1. The third-order valence-electron chi connectivity index (χ3n) is 1.92. The van der Waals surface area contributed by atoms with Crippen LogP contribution in [0.15, 0.2) is 10.9 Å². The van der Waals surface area contributed by atoms with E-state index in [2.05, 4.69) is 9.72 Å². The number of aryl methyl sites for hydroxylation is 1. The fourth-order valence-electron chi connectivity index (χ4n) is 1.29. The van der Waals surface area contributed by atoms with E-state index >= 15 is 0 Å². The summed E-state index contributed by atoms with van der Waals surface area (Å²) < 4.78 is 29.8. The smallest absolute Gasteiger partial charge is 0.338 e. The summed E-state index contributed by atoms with van der Waals surface area (Å²) >= 11 is 0. The van der Waals surface area contributed by atoms with E-state index in [-0.39, 0.29) is 12.2 Å². The molecule has 0 aliphatic carbocycles. The largest absolute Gasteiger partial charge is 0.462 e. The van der Waals surface area contributed by atoms with Gasteiger partial charge in [-0.15, -0.1) is 0 Å². The predicted molar refractivity (Wildman–Crippen MR) is 52.7 cm³/mol. The fourth-order valence-corrected chi connectivity index (χ4v) is 1.29. The van der Waals surface area contributed by atoms with E-state index in [0.29, 0.717) is 5.69 Å². The highest BCUT2D eigenvalue weighted by Crippen LogP contribution is 2.20. The number of carbonyl (C=O) groups excluding carboxylic acids is 1. The van der Waals surface area contributed by atoms with E-state index in [1.807, 2.05) is 0 Å². The van der Waals surface area contributed by atoms with E-state index in [4.69, 9.17) is 0 Å². The minimum atomic E-state index is -3.01. The van der Waals surface area contributed by atoms with E-state index in [1.165, 1.54) is 13.0 Å². The second-order valence-corrected chi connectivity index (χ2v) is 3.13. The standard InChI is InChI=1S/C10H11F2NO3/c1-3-16-10(15)6-4-5(2)13-9(14)7(6)8(11)12/h4,8H,3H2,1-2H3,(H,13,14). The Balaban J connectivity index is 3.35. The Morgan fingerprint density at radius 3 is 2.69 bits per heavy atom. The molecule has 0 unspecified atom stereocenters. The van der Waals surface area contributed by atoms with Gasteiger partial charge in [-0.1, -0.05) is 0 Å². The Kier molecular flexibility index (Phi) is 3.76. The quantitative estimate of drug-likeness (QED) is 0.807. The van der Waals surface area contributed by atoms with Crippen LogP contribution in [-0.2, 0) is 4.74 Å². The summed E-state index contributed by atoms with van der Waals surface area (Å²) in [4.78, 5) is 24.8. The van der Waals surface area contributed by atoms with Crippen molar-refractivity contribution in [3.63, 3.8) is 0 Å². The average molecular weight is 231 g/mol. The molecule has 16 heavy (non-hydrogen) atoms. The topological polar surface area (TPSA) is 59.2 Å². The first-order valence-electron chi connectivity index (χ1n) is 4.66. The second-order valence-electron chi connectivity index (χ2n) is 3.13. The van der Waals surface area contributed by atoms with Gasteiger partial charge in [0.05, 0.1) is 17.7 Å². The first-order chi connectivity index (χ1) is 7.47. The number of rotatable bonds is 3. The Labute approximate surface area is 90.2 Å². The van der Waals surface area contributed by atoms with Gasteiger partial charge < -0.3 is 9.72 Å². The minimum absolute atomic E-state index is 0.0629. The number of esters is 1. The maximum Gasteiger partial charge on any atom is 0.338 e. The highest BCUT2D eigenvalue weighted by atomic mass is 19.3. The summed E-state index contributed by atoms with van der Waals surface area (Å²) in [6.07, 6.45) is -3.01. The second kappa shape index (κ2) is 4.87. The molecule has 0 radical (unpaired) electrons. The summed E-state index contributed by atoms with van der Waals surface area (Å²) in [5, 5.41) is 0. The first-order valence-corrected chi connectivity index (χ1v) is 4.66. The van der Waals surface area contributed by atoms with Crippen LogP contribution < -0.4 is 5.56 Å². The van der Waals surface area contributed by atoms with E-state index < -0.39 is 23.5 Å². The van der Waals surface area contributed by atoms with Gasteiger partial charge in [-0.05, 0) is 19.9 Å². The molecule has 88 valence electrons. The Morgan fingerprint density at radius 2 is 2.19 bits per heavy atom. The fraction of sp³-hybridized carbons (Fsp3) is 0.400. The van der Waals surface area contributed by atoms with Gasteiger partial charge in [0.25, 0.3) is 12.0 Å². The third-order valence-corrected chi connectivity index (χ3v) is 1.92. The molecule has 0 bridgehead atoms. The molecule has 1 N–H and O–H groups in total. The molecule has 0 amide bonds. The molecule has 0 atom stereocenters. The summed E-state index contributed by atoms with van der Waals surface area (Å²) in [5.74, 6) is -0.910. The zero-order chi connectivity index (χ0) is 12.3. The van der Waals surface area contributed by atoms with Crippen molar-refractivity contribution in [1.82, 2.24) is 4.98 Å². The van der Waals surface area contributed by atoms with Crippen molar-refractivity contribution >= 4 is 5.97 Å². The van der Waals surface area contributed by atoms with Crippen LogP contribution >= 0.6 is 0 Å². The molecule has 0 spiro atoms. The van der Waals surface area contributed by atoms with Crippen LogP contribution in [0, 0.1) is 6.92 Å². The molecular formula is C10H11F2NO3. The third kappa shape index (κ3) is 2.44. The van der Waals surface area contributed by atoms with Crippen LogP contribution in [0.3, 0.4) is 0 Å². The number of aromatic amines is 1. The van der Waals surface area contributed by atoms with Crippen molar-refractivity contribution in [1.29, 1.82) is 0 Å². The van der Waals surface area contributed by atoms with Crippen molar-refractivity contribution in [2.75, 3.05) is 6.61 Å². The molecule has 4 nitrogen and oxygen atoms in total. The van der Waals surface area contributed by atoms with Crippen LogP contribution in [0.4, 0.5) is 8.78 Å². The molecule has 0 aliphatic heterocycles. The van der Waals surface area contributed by atoms with Gasteiger partial charge in [0.1, 0.15) is 0 Å². The SMILES string of the molecule is CCOC(=O)c1cc(C)[nH]c(=O)c1C(F)F. The number of halogens is 2. The summed E-state index contributed by atoms with van der Waals surface area (Å²) in [5.41, 5.74) is -1.85. The zero-order valence-corrected chi connectivity index (χ0v) is 8.84. The molecule has 0 aliphatic rings. The average Bonchev–Trinajstić information content (AvgIpc) is 2.15. The first kappa shape index (κ1) is 12.4. The van der Waals surface area contributed by atoms with E-state index in [1.54, 1.807) is 6.92 Å². The lowest BCUT2D eigenvalue weighted by Crippen LogP contribution is -2.21. The van der Waals surface area contributed by atoms with Gasteiger partial charge >= 0.3 is 5.97 Å².